The molecule has 46 heavy (non-hydrogen) atoms. The van der Waals surface area contributed by atoms with Gasteiger partial charge in [-0.2, -0.15) is 0 Å². The van der Waals surface area contributed by atoms with E-state index in [9.17, 15) is 34.8 Å². The van der Waals surface area contributed by atoms with Crippen LogP contribution in [0.1, 0.15) is 48.1 Å². The Hall–Kier alpha value is -4.73. The summed E-state index contributed by atoms with van der Waals surface area (Å²) in [7, 11) is 0. The first-order valence-electron chi connectivity index (χ1n) is 15.5. The van der Waals surface area contributed by atoms with E-state index >= 15 is 0 Å². The van der Waals surface area contributed by atoms with Crippen LogP contribution in [0.4, 0.5) is 0 Å². The zero-order valence-corrected chi connectivity index (χ0v) is 26.0. The van der Waals surface area contributed by atoms with E-state index in [4.69, 9.17) is 5.73 Å². The second kappa shape index (κ2) is 11.6. The lowest BCUT2D eigenvalue weighted by Gasteiger charge is -2.50. The van der Waals surface area contributed by atoms with Crippen LogP contribution in [0.15, 0.2) is 77.6 Å². The van der Waals surface area contributed by atoms with E-state index in [0.717, 1.165) is 23.2 Å². The number of amides is 1. The van der Waals surface area contributed by atoms with Crippen molar-refractivity contribution in [3.05, 3.63) is 105 Å². The number of aliphatic hydroxyl groups is 3. The number of nitrogens with two attached hydrogens (primary N) is 1. The molecule has 0 bridgehead atoms. The van der Waals surface area contributed by atoms with E-state index in [1.165, 1.54) is 17.2 Å². The Labute approximate surface area is 267 Å². The first kappa shape index (κ1) is 31.3. The fourth-order valence-electron chi connectivity index (χ4n) is 7.73. The number of carbonyl (C=O) groups excluding carboxylic acids is 3. The van der Waals surface area contributed by atoms with E-state index in [0.29, 0.717) is 12.1 Å². The molecule has 1 amide bonds. The molecule has 4 atom stereocenters. The lowest BCUT2D eigenvalue weighted by Crippen LogP contribution is -2.62. The highest BCUT2D eigenvalue weighted by Crippen LogP contribution is 2.55. The van der Waals surface area contributed by atoms with Crippen LogP contribution in [0.3, 0.4) is 0 Å². The molecule has 3 aliphatic carbocycles. The Morgan fingerprint density at radius 3 is 2.35 bits per heavy atom. The van der Waals surface area contributed by atoms with Gasteiger partial charge >= 0.3 is 0 Å². The Balaban J connectivity index is 1.35. The van der Waals surface area contributed by atoms with Gasteiger partial charge in [0.2, 0.25) is 5.78 Å². The summed E-state index contributed by atoms with van der Waals surface area (Å²) in [6, 6.07) is 19.5. The number of aromatic hydroxyl groups is 1. The maximum atomic E-state index is 14.1. The average molecular weight is 623 g/mol. The molecule has 0 aromatic heterocycles. The number of primary amides is 1. The molecule has 238 valence electrons. The third-order valence-corrected chi connectivity index (χ3v) is 9.86. The van der Waals surface area contributed by atoms with E-state index in [2.05, 4.69) is 30.4 Å². The van der Waals surface area contributed by atoms with Crippen molar-refractivity contribution in [2.24, 2.45) is 29.4 Å². The highest BCUT2D eigenvalue weighted by molar-refractivity contribution is 6.23. The number of phenols is 1. The minimum Gasteiger partial charge on any atom is -0.508 e. The largest absolute Gasteiger partial charge is 0.508 e. The standard InChI is InChI=1S/C37H38N2O7/c1-18(2)28-26-15-23-14-25-24(22-9-7-20(8-10-22)16-39-17-21-6-4-5-19(3)13-21)11-12-27(40)30(25)33(42)29(23)34(43)37(26,46)35(44)31(32(28)41)36(38)45/h4-13,18,23,26,28,39-40,42,44,46H,14-17H2,1-3H3,(H2,38,45)/t23-,26-,28-,37-/m0/s1. The molecule has 1 fully saturated rings. The van der Waals surface area contributed by atoms with Crippen LogP contribution in [0.2, 0.25) is 0 Å². The highest BCUT2D eigenvalue weighted by Gasteiger charge is 2.64. The predicted octanol–water partition coefficient (Wildman–Crippen LogP) is 4.57. The van der Waals surface area contributed by atoms with Crippen LogP contribution in [0.5, 0.6) is 5.75 Å². The number of Topliss-reactive ketones (excluding diaryl/α,β-unsaturated/α-hetero) is 2. The maximum absolute atomic E-state index is 14.1. The monoisotopic (exact) mass is 622 g/mol. The topological polar surface area (TPSA) is 170 Å². The highest BCUT2D eigenvalue weighted by atomic mass is 16.3. The average Bonchev–Trinajstić information content (AvgIpc) is 2.99. The summed E-state index contributed by atoms with van der Waals surface area (Å²) in [6.45, 7) is 6.95. The first-order valence-corrected chi connectivity index (χ1v) is 15.5. The van der Waals surface area contributed by atoms with Crippen molar-refractivity contribution in [2.45, 2.75) is 52.3 Å². The molecule has 9 heteroatoms. The molecular formula is C37H38N2O7. The van der Waals surface area contributed by atoms with E-state index in [-0.39, 0.29) is 29.7 Å². The van der Waals surface area contributed by atoms with Gasteiger partial charge in [-0.05, 0) is 65.5 Å². The van der Waals surface area contributed by atoms with Gasteiger partial charge in [0.05, 0.1) is 5.56 Å². The lowest BCUT2D eigenvalue weighted by atomic mass is 9.54. The van der Waals surface area contributed by atoms with E-state index < -0.39 is 63.8 Å². The summed E-state index contributed by atoms with van der Waals surface area (Å²) in [4.78, 5) is 39.6. The van der Waals surface area contributed by atoms with Gasteiger partial charge in [-0.1, -0.05) is 74.0 Å². The molecule has 7 N–H and O–H groups in total. The maximum Gasteiger partial charge on any atom is 0.255 e. The van der Waals surface area contributed by atoms with Gasteiger partial charge in [-0.3, -0.25) is 14.4 Å². The Morgan fingerprint density at radius 2 is 1.70 bits per heavy atom. The predicted molar refractivity (Wildman–Crippen MR) is 172 cm³/mol. The van der Waals surface area contributed by atoms with Crippen molar-refractivity contribution in [3.8, 4) is 16.9 Å². The van der Waals surface area contributed by atoms with Gasteiger partial charge < -0.3 is 31.5 Å². The number of benzene rings is 3. The smallest absolute Gasteiger partial charge is 0.255 e. The molecular weight excluding hydrogens is 584 g/mol. The summed E-state index contributed by atoms with van der Waals surface area (Å²) in [5.41, 5.74) is 7.68. The summed E-state index contributed by atoms with van der Waals surface area (Å²) in [5.74, 6) is -7.78. The van der Waals surface area contributed by atoms with Crippen molar-refractivity contribution in [1.29, 1.82) is 0 Å². The molecule has 0 unspecified atom stereocenters. The van der Waals surface area contributed by atoms with Crippen molar-refractivity contribution in [2.75, 3.05) is 0 Å². The number of rotatable bonds is 7. The number of carbonyl (C=O) groups is 3. The van der Waals surface area contributed by atoms with Gasteiger partial charge in [0, 0.05) is 30.5 Å². The molecule has 0 heterocycles. The van der Waals surface area contributed by atoms with Crippen LogP contribution in [0.25, 0.3) is 16.9 Å². The number of nitrogens with one attached hydrogen (secondary N) is 1. The minimum absolute atomic E-state index is 0.0758. The fourth-order valence-corrected chi connectivity index (χ4v) is 7.73. The van der Waals surface area contributed by atoms with Gasteiger partial charge in [0.25, 0.3) is 5.91 Å². The van der Waals surface area contributed by atoms with Crippen LogP contribution < -0.4 is 11.1 Å². The van der Waals surface area contributed by atoms with E-state index in [1.54, 1.807) is 19.9 Å². The number of ketones is 2. The van der Waals surface area contributed by atoms with Crippen molar-refractivity contribution in [3.63, 3.8) is 0 Å². The van der Waals surface area contributed by atoms with Gasteiger partial charge in [-0.15, -0.1) is 0 Å². The fraction of sp³-hybridized carbons (Fsp3) is 0.324. The number of phenolic OH excluding ortho intramolecular Hbond substituents is 1. The van der Waals surface area contributed by atoms with Gasteiger partial charge in [-0.25, -0.2) is 0 Å². The zero-order chi connectivity index (χ0) is 33.1. The Bertz CT molecular complexity index is 1840. The number of aliphatic hydroxyl groups excluding tert-OH is 2. The van der Waals surface area contributed by atoms with Crippen molar-refractivity contribution in [1.82, 2.24) is 5.32 Å². The molecule has 0 aliphatic heterocycles. The molecule has 3 aromatic rings. The van der Waals surface area contributed by atoms with Crippen LogP contribution in [-0.2, 0) is 33.9 Å². The molecule has 0 radical (unpaired) electrons. The zero-order valence-electron chi connectivity index (χ0n) is 26.0. The van der Waals surface area contributed by atoms with Crippen LogP contribution >= 0.6 is 0 Å². The summed E-state index contributed by atoms with van der Waals surface area (Å²) >= 11 is 0. The van der Waals surface area contributed by atoms with E-state index in [1.807, 2.05) is 30.3 Å². The van der Waals surface area contributed by atoms with Gasteiger partial charge in [0.1, 0.15) is 22.8 Å². The summed E-state index contributed by atoms with van der Waals surface area (Å²) in [6.07, 6.45) is 0.315. The SMILES string of the molecule is Cc1cccc(CNCc2ccc(-c3ccc(O)c4c3C[C@H]3C[C@H]5[C@H](C(C)C)C(=O)C(C(N)=O)=C(O)[C@@]5(O)C(=O)C3=C4O)cc2)c1. The quantitative estimate of drug-likeness (QED) is 0.208. The molecule has 0 spiro atoms. The number of hydrogen-bond acceptors (Lipinski definition) is 8. The summed E-state index contributed by atoms with van der Waals surface area (Å²) in [5, 5.41) is 48.8. The molecule has 3 aliphatic rings. The van der Waals surface area contributed by atoms with Crippen molar-refractivity contribution >= 4 is 23.2 Å². The normalized spacial score (nSPS) is 24.2. The first-order chi connectivity index (χ1) is 21.8. The number of aryl methyl sites for hydroxylation is 1. The number of hydrogen-bond donors (Lipinski definition) is 6. The van der Waals surface area contributed by atoms with Crippen molar-refractivity contribution < 1.29 is 34.8 Å². The molecule has 9 nitrogen and oxygen atoms in total. The van der Waals surface area contributed by atoms with Crippen LogP contribution in [0, 0.1) is 30.6 Å². The summed E-state index contributed by atoms with van der Waals surface area (Å²) < 4.78 is 0. The molecule has 6 rings (SSSR count). The third kappa shape index (κ3) is 4.91. The molecule has 3 aromatic carbocycles. The Morgan fingerprint density at radius 1 is 1.00 bits per heavy atom. The van der Waals surface area contributed by atoms with Gasteiger partial charge in [0.15, 0.2) is 11.4 Å². The second-order valence-corrected chi connectivity index (χ2v) is 13.1. The lowest BCUT2D eigenvalue weighted by molar-refractivity contribution is -0.155. The van der Waals surface area contributed by atoms with Crippen LogP contribution in [-0.4, -0.2) is 43.5 Å². The third-order valence-electron chi connectivity index (χ3n) is 9.86. The molecule has 1 saturated carbocycles. The second-order valence-electron chi connectivity index (χ2n) is 13.1. The molecule has 0 saturated heterocycles. The number of fused-ring (bicyclic) bond motifs is 3. The minimum atomic E-state index is -2.62. The Kier molecular flexibility index (Phi) is 7.86.